The average molecular weight is 441 g/mol. The van der Waals surface area contributed by atoms with E-state index in [9.17, 15) is 14.7 Å². The summed E-state index contributed by atoms with van der Waals surface area (Å²) in [5, 5.41) is 12.3. The second-order valence-electron chi connectivity index (χ2n) is 7.47. The molecule has 3 rings (SSSR count). The normalized spacial score (nSPS) is 13.2. The Morgan fingerprint density at radius 1 is 1.19 bits per heavy atom. The Bertz CT molecular complexity index is 1050. The van der Waals surface area contributed by atoms with Gasteiger partial charge in [0.25, 0.3) is 0 Å². The quantitative estimate of drug-likeness (QED) is 0.459. The highest BCUT2D eigenvalue weighted by Gasteiger charge is 2.23. The Hall–Kier alpha value is -3.37. The van der Waals surface area contributed by atoms with E-state index in [0.717, 1.165) is 0 Å². The van der Waals surface area contributed by atoms with Gasteiger partial charge in [-0.1, -0.05) is 39.0 Å². The predicted octanol–water partition coefficient (Wildman–Crippen LogP) is 2.56. The van der Waals surface area contributed by atoms with Crippen molar-refractivity contribution in [3.8, 4) is 0 Å². The number of aliphatic hydroxyl groups is 1. The van der Waals surface area contributed by atoms with Crippen molar-refractivity contribution in [1.82, 2.24) is 19.5 Å². The first-order chi connectivity index (χ1) is 15.4. The number of rotatable bonds is 10. The zero-order valence-corrected chi connectivity index (χ0v) is 18.3. The zero-order chi connectivity index (χ0) is 23.1. The molecule has 2 atom stereocenters. The lowest BCUT2D eigenvalue weighted by Gasteiger charge is -2.24. The van der Waals surface area contributed by atoms with Crippen molar-refractivity contribution >= 4 is 29.0 Å². The van der Waals surface area contributed by atoms with Gasteiger partial charge >= 0.3 is 5.97 Å². The molecule has 0 fully saturated rings. The van der Waals surface area contributed by atoms with E-state index in [-0.39, 0.29) is 31.0 Å². The lowest BCUT2D eigenvalue weighted by Crippen LogP contribution is -2.27. The fraction of sp³-hybridized carbons (Fsp3) is 0.409. The summed E-state index contributed by atoms with van der Waals surface area (Å²) in [5.74, 6) is -0.818. The molecule has 0 aliphatic carbocycles. The number of anilines is 1. The van der Waals surface area contributed by atoms with Gasteiger partial charge in [0, 0.05) is 5.92 Å². The fourth-order valence-electron chi connectivity index (χ4n) is 2.83. The maximum Gasteiger partial charge on any atom is 0.338 e. The van der Waals surface area contributed by atoms with Crippen LogP contribution in [0, 0.1) is 5.92 Å². The van der Waals surface area contributed by atoms with Gasteiger partial charge < -0.3 is 14.6 Å². The van der Waals surface area contributed by atoms with Gasteiger partial charge in [-0.25, -0.2) is 14.8 Å². The maximum absolute atomic E-state index is 12.4. The average Bonchev–Trinajstić information content (AvgIpc) is 3.22. The highest BCUT2D eigenvalue weighted by Crippen LogP contribution is 2.21. The van der Waals surface area contributed by atoms with Crippen molar-refractivity contribution in [1.29, 1.82) is 0 Å². The van der Waals surface area contributed by atoms with Crippen LogP contribution in [-0.4, -0.2) is 55.8 Å². The molecule has 32 heavy (non-hydrogen) atoms. The molecule has 0 aliphatic heterocycles. The summed E-state index contributed by atoms with van der Waals surface area (Å²) in [6.45, 7) is 5.08. The Labute approximate surface area is 185 Å². The molecular formula is C22H27N5O5. The molecule has 0 saturated carbocycles. The molecule has 0 bridgehead atoms. The smallest absolute Gasteiger partial charge is 0.338 e. The third-order valence-electron chi connectivity index (χ3n) is 4.76. The van der Waals surface area contributed by atoms with Crippen molar-refractivity contribution < 1.29 is 24.2 Å². The van der Waals surface area contributed by atoms with Crippen LogP contribution in [0.2, 0.25) is 0 Å². The van der Waals surface area contributed by atoms with Crippen LogP contribution < -0.4 is 5.32 Å². The second kappa shape index (κ2) is 10.8. The number of hydrogen-bond acceptors (Lipinski definition) is 8. The number of esters is 1. The van der Waals surface area contributed by atoms with Crippen molar-refractivity contribution in [3.63, 3.8) is 0 Å². The van der Waals surface area contributed by atoms with Crippen molar-refractivity contribution in [2.45, 2.75) is 39.5 Å². The highest BCUT2D eigenvalue weighted by molar-refractivity contribution is 5.91. The number of ether oxygens (including phenoxy) is 2. The third-order valence-corrected chi connectivity index (χ3v) is 4.76. The van der Waals surface area contributed by atoms with Crippen LogP contribution in [0.4, 0.5) is 5.95 Å². The molecule has 1 amide bonds. The standard InChI is InChI=1S/C22H27N5O5/c1-4-16(11-28)32-18(12-31-21(30)15-8-6-5-7-9-15)27-13-24-17-10-23-22(25-19(17)27)26-20(29)14(2)3/h5-10,13-14,16,18,28H,4,11-12H2,1-3H3,(H,23,25,26,29)/t16-,18-/m1/s1. The van der Waals surface area contributed by atoms with E-state index in [1.54, 1.807) is 42.7 Å². The monoisotopic (exact) mass is 441 g/mol. The molecule has 1 aromatic carbocycles. The number of aliphatic hydroxyl groups excluding tert-OH is 1. The predicted molar refractivity (Wildman–Crippen MR) is 117 cm³/mol. The third kappa shape index (κ3) is 5.65. The molecule has 2 heterocycles. The number of benzene rings is 1. The summed E-state index contributed by atoms with van der Waals surface area (Å²) < 4.78 is 13.1. The van der Waals surface area contributed by atoms with E-state index in [0.29, 0.717) is 23.1 Å². The van der Waals surface area contributed by atoms with Crippen LogP contribution in [0.5, 0.6) is 0 Å². The van der Waals surface area contributed by atoms with Crippen LogP contribution in [0.3, 0.4) is 0 Å². The summed E-state index contributed by atoms with van der Waals surface area (Å²) in [7, 11) is 0. The van der Waals surface area contributed by atoms with Gasteiger partial charge in [-0.3, -0.25) is 14.7 Å². The molecule has 0 radical (unpaired) electrons. The highest BCUT2D eigenvalue weighted by atomic mass is 16.6. The van der Waals surface area contributed by atoms with E-state index in [1.165, 1.54) is 12.5 Å². The molecule has 2 N–H and O–H groups in total. The van der Waals surface area contributed by atoms with Gasteiger partial charge in [-0.2, -0.15) is 4.98 Å². The Morgan fingerprint density at radius 3 is 2.59 bits per heavy atom. The first-order valence-electron chi connectivity index (χ1n) is 10.4. The first-order valence-corrected chi connectivity index (χ1v) is 10.4. The first kappa shape index (κ1) is 23.3. The number of nitrogens with one attached hydrogen (secondary N) is 1. The van der Waals surface area contributed by atoms with E-state index in [1.807, 2.05) is 13.0 Å². The van der Waals surface area contributed by atoms with Gasteiger partial charge in [-0.05, 0) is 18.6 Å². The van der Waals surface area contributed by atoms with E-state index >= 15 is 0 Å². The molecule has 170 valence electrons. The summed E-state index contributed by atoms with van der Waals surface area (Å²) in [6, 6.07) is 8.62. The van der Waals surface area contributed by atoms with Crippen LogP contribution in [0.15, 0.2) is 42.9 Å². The number of fused-ring (bicyclic) bond motifs is 1. The second-order valence-corrected chi connectivity index (χ2v) is 7.47. The van der Waals surface area contributed by atoms with E-state index < -0.39 is 18.3 Å². The number of nitrogens with zero attached hydrogens (tertiary/aromatic N) is 4. The van der Waals surface area contributed by atoms with Gasteiger partial charge in [0.2, 0.25) is 11.9 Å². The number of hydrogen-bond donors (Lipinski definition) is 2. The van der Waals surface area contributed by atoms with Crippen LogP contribution in [0.1, 0.15) is 43.8 Å². The number of carbonyl (C=O) groups excluding carboxylic acids is 2. The lowest BCUT2D eigenvalue weighted by molar-refractivity contribution is -0.118. The summed E-state index contributed by atoms with van der Waals surface area (Å²) in [4.78, 5) is 37.2. The Balaban J connectivity index is 1.87. The minimum Gasteiger partial charge on any atom is -0.457 e. The minimum absolute atomic E-state index is 0.132. The lowest BCUT2D eigenvalue weighted by atomic mass is 10.2. The van der Waals surface area contributed by atoms with Crippen LogP contribution in [-0.2, 0) is 14.3 Å². The Kier molecular flexibility index (Phi) is 7.85. The molecule has 10 heteroatoms. The van der Waals surface area contributed by atoms with Crippen LogP contribution in [0.25, 0.3) is 11.2 Å². The van der Waals surface area contributed by atoms with Crippen molar-refractivity contribution in [2.75, 3.05) is 18.5 Å². The van der Waals surface area contributed by atoms with Crippen molar-refractivity contribution in [3.05, 3.63) is 48.4 Å². The summed E-state index contributed by atoms with van der Waals surface area (Å²) in [5.41, 5.74) is 1.29. The van der Waals surface area contributed by atoms with Gasteiger partial charge in [0.1, 0.15) is 12.1 Å². The zero-order valence-electron chi connectivity index (χ0n) is 18.3. The number of amides is 1. The molecular weight excluding hydrogens is 414 g/mol. The topological polar surface area (TPSA) is 128 Å². The summed E-state index contributed by atoms with van der Waals surface area (Å²) in [6.07, 6.45) is 2.27. The number of aromatic nitrogens is 4. The van der Waals surface area contributed by atoms with E-state index in [2.05, 4.69) is 20.3 Å². The number of carbonyl (C=O) groups is 2. The molecule has 2 aromatic heterocycles. The largest absolute Gasteiger partial charge is 0.457 e. The van der Waals surface area contributed by atoms with Gasteiger partial charge in [0.05, 0.1) is 30.8 Å². The van der Waals surface area contributed by atoms with E-state index in [4.69, 9.17) is 9.47 Å². The molecule has 3 aromatic rings. The fourth-order valence-corrected chi connectivity index (χ4v) is 2.83. The number of imidazole rings is 1. The molecule has 10 nitrogen and oxygen atoms in total. The van der Waals surface area contributed by atoms with Crippen molar-refractivity contribution in [2.24, 2.45) is 5.92 Å². The van der Waals surface area contributed by atoms with Gasteiger partial charge in [0.15, 0.2) is 11.9 Å². The SMILES string of the molecule is CC[C@H](CO)O[C@H](COC(=O)c1ccccc1)n1cnc2cnc(NC(=O)C(C)C)nc21. The van der Waals surface area contributed by atoms with Crippen LogP contribution >= 0.6 is 0 Å². The Morgan fingerprint density at radius 2 is 1.94 bits per heavy atom. The molecule has 0 spiro atoms. The van der Waals surface area contributed by atoms with Gasteiger partial charge in [-0.15, -0.1) is 0 Å². The minimum atomic E-state index is -0.798. The molecule has 0 aliphatic rings. The summed E-state index contributed by atoms with van der Waals surface area (Å²) >= 11 is 0. The molecule has 0 saturated heterocycles. The maximum atomic E-state index is 12.4. The molecule has 0 unspecified atom stereocenters.